The van der Waals surface area contributed by atoms with E-state index >= 15 is 0 Å². The first-order chi connectivity index (χ1) is 12.3. The van der Waals surface area contributed by atoms with Gasteiger partial charge in [-0.1, -0.05) is 48.5 Å². The molecule has 2 heterocycles. The Morgan fingerprint density at radius 3 is 2.44 bits per heavy atom. The van der Waals surface area contributed by atoms with Crippen molar-refractivity contribution < 1.29 is 4.79 Å². The predicted octanol–water partition coefficient (Wildman–Crippen LogP) is 3.18. The van der Waals surface area contributed by atoms with Gasteiger partial charge in [0, 0.05) is 17.0 Å². The van der Waals surface area contributed by atoms with E-state index in [0.717, 1.165) is 55.7 Å². The highest BCUT2D eigenvalue weighted by atomic mass is 16.2. The van der Waals surface area contributed by atoms with Crippen LogP contribution in [0.5, 0.6) is 0 Å². The summed E-state index contributed by atoms with van der Waals surface area (Å²) in [7, 11) is 0. The average Bonchev–Trinajstić information content (AvgIpc) is 2.77. The topological polar surface area (TPSA) is 53.5 Å². The highest BCUT2D eigenvalue weighted by Gasteiger charge is 2.41. The van der Waals surface area contributed by atoms with Gasteiger partial charge in [-0.05, 0) is 50.4 Å². The van der Waals surface area contributed by atoms with Crippen LogP contribution in [0.3, 0.4) is 0 Å². The first-order valence-corrected chi connectivity index (χ1v) is 9.01. The van der Waals surface area contributed by atoms with Gasteiger partial charge in [-0.3, -0.25) is 9.79 Å². The molecule has 2 aliphatic heterocycles. The fourth-order valence-electron chi connectivity index (χ4n) is 3.73. The van der Waals surface area contributed by atoms with Crippen LogP contribution >= 0.6 is 0 Å². The van der Waals surface area contributed by atoms with E-state index in [1.807, 2.05) is 24.3 Å². The van der Waals surface area contributed by atoms with Crippen LogP contribution in [0.15, 0.2) is 59.6 Å². The SMILES string of the molecule is O=C1Nc2ccccc2C(CCc2ccccc2)=NC12CCNCC2. The fourth-order valence-corrected chi connectivity index (χ4v) is 3.73. The van der Waals surface area contributed by atoms with Gasteiger partial charge >= 0.3 is 0 Å². The van der Waals surface area contributed by atoms with Crippen molar-refractivity contribution in [3.8, 4) is 0 Å². The number of amides is 1. The van der Waals surface area contributed by atoms with Gasteiger partial charge in [0.15, 0.2) is 0 Å². The third-order valence-electron chi connectivity index (χ3n) is 5.18. The van der Waals surface area contributed by atoms with Crippen LogP contribution in [0.1, 0.15) is 30.4 Å². The van der Waals surface area contributed by atoms with Gasteiger partial charge in [-0.25, -0.2) is 0 Å². The van der Waals surface area contributed by atoms with Gasteiger partial charge in [0.1, 0.15) is 5.54 Å². The van der Waals surface area contributed by atoms with E-state index in [4.69, 9.17) is 4.99 Å². The zero-order valence-electron chi connectivity index (χ0n) is 14.3. The molecule has 4 heteroatoms. The number of piperidine rings is 1. The van der Waals surface area contributed by atoms with Gasteiger partial charge in [0.05, 0.1) is 0 Å². The quantitative estimate of drug-likeness (QED) is 0.906. The lowest BCUT2D eigenvalue weighted by atomic mass is 9.87. The minimum atomic E-state index is -0.629. The number of fused-ring (bicyclic) bond motifs is 1. The second-order valence-corrected chi connectivity index (χ2v) is 6.83. The van der Waals surface area contributed by atoms with Gasteiger partial charge in [0.2, 0.25) is 0 Å². The first-order valence-electron chi connectivity index (χ1n) is 9.01. The lowest BCUT2D eigenvalue weighted by molar-refractivity contribution is -0.121. The molecule has 128 valence electrons. The number of nitrogens with one attached hydrogen (secondary N) is 2. The molecule has 25 heavy (non-hydrogen) atoms. The maximum atomic E-state index is 12.9. The Morgan fingerprint density at radius 1 is 0.920 bits per heavy atom. The molecular weight excluding hydrogens is 310 g/mol. The fraction of sp³-hybridized carbons (Fsp3) is 0.333. The molecule has 4 rings (SSSR count). The normalized spacial score (nSPS) is 18.9. The molecule has 0 radical (unpaired) electrons. The van der Waals surface area contributed by atoms with Crippen molar-refractivity contribution in [3.05, 3.63) is 65.7 Å². The Kier molecular flexibility index (Phi) is 4.36. The number of carbonyl (C=O) groups excluding carboxylic acids is 1. The zero-order valence-corrected chi connectivity index (χ0v) is 14.3. The molecule has 0 bridgehead atoms. The Bertz CT molecular complexity index is 792. The summed E-state index contributed by atoms with van der Waals surface area (Å²) in [5, 5.41) is 6.47. The molecule has 1 spiro atoms. The third kappa shape index (κ3) is 3.22. The van der Waals surface area contributed by atoms with Crippen LogP contribution in [-0.2, 0) is 11.2 Å². The minimum Gasteiger partial charge on any atom is -0.323 e. The molecule has 2 aromatic carbocycles. The van der Waals surface area contributed by atoms with E-state index in [1.165, 1.54) is 5.56 Å². The Labute approximate surface area is 148 Å². The number of aliphatic imine (C=N–C) groups is 1. The summed E-state index contributed by atoms with van der Waals surface area (Å²) < 4.78 is 0. The second-order valence-electron chi connectivity index (χ2n) is 6.83. The largest absolute Gasteiger partial charge is 0.323 e. The van der Waals surface area contributed by atoms with Crippen LogP contribution in [0.2, 0.25) is 0 Å². The van der Waals surface area contributed by atoms with Crippen molar-refractivity contribution in [2.45, 2.75) is 31.2 Å². The molecular formula is C21H23N3O. The average molecular weight is 333 g/mol. The summed E-state index contributed by atoms with van der Waals surface area (Å²) in [6.45, 7) is 1.67. The van der Waals surface area contributed by atoms with Crippen LogP contribution in [0.4, 0.5) is 5.69 Å². The summed E-state index contributed by atoms with van der Waals surface area (Å²) in [4.78, 5) is 18.0. The number of benzene rings is 2. The first kappa shape index (κ1) is 16.0. The van der Waals surface area contributed by atoms with E-state index in [-0.39, 0.29) is 5.91 Å². The number of hydrogen-bond acceptors (Lipinski definition) is 3. The van der Waals surface area contributed by atoms with Gasteiger partial charge in [0.25, 0.3) is 5.91 Å². The molecule has 2 aromatic rings. The predicted molar refractivity (Wildman–Crippen MR) is 101 cm³/mol. The number of hydrogen-bond donors (Lipinski definition) is 2. The van der Waals surface area contributed by atoms with Crippen molar-refractivity contribution in [1.29, 1.82) is 0 Å². The molecule has 2 aliphatic rings. The highest BCUT2D eigenvalue weighted by Crippen LogP contribution is 2.32. The zero-order chi connectivity index (χ0) is 17.1. The molecule has 1 amide bonds. The molecule has 0 atom stereocenters. The van der Waals surface area contributed by atoms with Crippen LogP contribution in [0, 0.1) is 0 Å². The molecule has 0 saturated carbocycles. The molecule has 0 aromatic heterocycles. The smallest absolute Gasteiger partial charge is 0.252 e. The molecule has 0 aliphatic carbocycles. The maximum Gasteiger partial charge on any atom is 0.252 e. The number of nitrogens with zero attached hydrogens (tertiary/aromatic N) is 1. The van der Waals surface area contributed by atoms with E-state index < -0.39 is 5.54 Å². The number of anilines is 1. The number of carbonyl (C=O) groups is 1. The van der Waals surface area contributed by atoms with Crippen LogP contribution in [0.25, 0.3) is 0 Å². The molecule has 1 saturated heterocycles. The van der Waals surface area contributed by atoms with E-state index in [0.29, 0.717) is 0 Å². The van der Waals surface area contributed by atoms with Gasteiger partial charge < -0.3 is 10.6 Å². The van der Waals surface area contributed by atoms with Crippen molar-refractivity contribution >= 4 is 17.3 Å². The monoisotopic (exact) mass is 333 g/mol. The Balaban J connectivity index is 1.70. The van der Waals surface area contributed by atoms with Crippen LogP contribution in [-0.4, -0.2) is 30.2 Å². The Hall–Kier alpha value is -2.46. The number of para-hydroxylation sites is 1. The maximum absolute atomic E-state index is 12.9. The molecule has 2 N–H and O–H groups in total. The molecule has 0 unspecified atom stereocenters. The number of rotatable bonds is 3. The van der Waals surface area contributed by atoms with Crippen molar-refractivity contribution in [3.63, 3.8) is 0 Å². The summed E-state index contributed by atoms with van der Waals surface area (Å²) >= 11 is 0. The second kappa shape index (κ2) is 6.81. The highest BCUT2D eigenvalue weighted by molar-refractivity contribution is 6.13. The summed E-state index contributed by atoms with van der Waals surface area (Å²) in [6, 6.07) is 18.5. The molecule has 4 nitrogen and oxygen atoms in total. The van der Waals surface area contributed by atoms with Crippen LogP contribution < -0.4 is 10.6 Å². The van der Waals surface area contributed by atoms with Crippen molar-refractivity contribution in [2.75, 3.05) is 18.4 Å². The lowest BCUT2D eigenvalue weighted by Gasteiger charge is -2.32. The Morgan fingerprint density at radius 2 is 1.64 bits per heavy atom. The summed E-state index contributed by atoms with van der Waals surface area (Å²) in [5.74, 6) is 0.0381. The number of aryl methyl sites for hydroxylation is 1. The minimum absolute atomic E-state index is 0.0381. The standard InChI is InChI=1S/C21H23N3O/c25-20-21(12-14-22-15-13-21)24-19(11-10-16-6-2-1-3-7-16)17-8-4-5-9-18(17)23-20/h1-9,22H,10-15H2,(H,23,25). The lowest BCUT2D eigenvalue weighted by Crippen LogP contribution is -2.49. The molecule has 1 fully saturated rings. The van der Waals surface area contributed by atoms with E-state index in [2.05, 4.69) is 41.0 Å². The van der Waals surface area contributed by atoms with Crippen molar-refractivity contribution in [2.24, 2.45) is 4.99 Å². The van der Waals surface area contributed by atoms with Gasteiger partial charge in [-0.15, -0.1) is 0 Å². The third-order valence-corrected chi connectivity index (χ3v) is 5.18. The summed E-state index contributed by atoms with van der Waals surface area (Å²) in [5.41, 5.74) is 3.65. The van der Waals surface area contributed by atoms with Gasteiger partial charge in [-0.2, -0.15) is 0 Å². The van der Waals surface area contributed by atoms with E-state index in [1.54, 1.807) is 0 Å². The summed E-state index contributed by atoms with van der Waals surface area (Å²) in [6.07, 6.45) is 3.27. The van der Waals surface area contributed by atoms with E-state index in [9.17, 15) is 4.79 Å². The van der Waals surface area contributed by atoms with Crippen molar-refractivity contribution in [1.82, 2.24) is 5.32 Å².